The second-order valence-corrected chi connectivity index (χ2v) is 8.20. The third-order valence-corrected chi connectivity index (χ3v) is 5.93. The van der Waals surface area contributed by atoms with E-state index in [-0.39, 0.29) is 5.13 Å². The van der Waals surface area contributed by atoms with Gasteiger partial charge in [0.2, 0.25) is 16.0 Å². The molecule has 0 saturated heterocycles. The van der Waals surface area contributed by atoms with E-state index in [1.165, 1.54) is 23.1 Å². The zero-order chi connectivity index (χ0) is 17.3. The molecule has 1 amide bonds. The first kappa shape index (κ1) is 17.1. The number of amides is 1. The fraction of sp³-hybridized carbons (Fsp3) is 0.231. The van der Waals surface area contributed by atoms with Crippen LogP contribution in [0.2, 0.25) is 0 Å². The molecule has 0 saturated carbocycles. The molecule has 24 heavy (non-hydrogen) atoms. The van der Waals surface area contributed by atoms with Crippen LogP contribution in [0.5, 0.6) is 0 Å². The third kappa shape index (κ3) is 3.84. The number of carbonyl (C=O) groups excluding carboxylic acids is 1. The number of aromatic nitrogens is 3. The van der Waals surface area contributed by atoms with Gasteiger partial charge < -0.3 is 0 Å². The van der Waals surface area contributed by atoms with E-state index in [0.29, 0.717) is 15.7 Å². The number of fused-ring (bicyclic) bond motifs is 1. The zero-order valence-electron chi connectivity index (χ0n) is 12.0. The van der Waals surface area contributed by atoms with Gasteiger partial charge in [-0.3, -0.25) is 10.1 Å². The predicted molar refractivity (Wildman–Crippen MR) is 88.5 cm³/mol. The Morgan fingerprint density at radius 1 is 1.25 bits per heavy atom. The smallest absolute Gasteiger partial charge is 0.300 e. The van der Waals surface area contributed by atoms with Crippen molar-refractivity contribution in [1.29, 1.82) is 0 Å². The summed E-state index contributed by atoms with van der Waals surface area (Å²) in [6, 6.07) is 7.58. The highest BCUT2D eigenvalue weighted by Crippen LogP contribution is 2.34. The Labute approximate surface area is 146 Å². The van der Waals surface area contributed by atoms with Gasteiger partial charge >= 0.3 is 6.18 Å². The lowest BCUT2D eigenvalue weighted by atomic mass is 10.3. The maximum atomic E-state index is 12.5. The summed E-state index contributed by atoms with van der Waals surface area (Å²) in [5, 5.41) is 6.91. The predicted octanol–water partition coefficient (Wildman–Crippen LogP) is 4.29. The number of benzene rings is 1. The van der Waals surface area contributed by atoms with E-state index >= 15 is 0 Å². The summed E-state index contributed by atoms with van der Waals surface area (Å²) < 4.78 is 39.1. The van der Waals surface area contributed by atoms with Gasteiger partial charge in [-0.05, 0) is 19.1 Å². The van der Waals surface area contributed by atoms with Crippen LogP contribution in [0.3, 0.4) is 0 Å². The molecule has 0 bridgehead atoms. The molecule has 3 rings (SSSR count). The quantitative estimate of drug-likeness (QED) is 0.673. The number of alkyl halides is 3. The second kappa shape index (κ2) is 6.65. The summed E-state index contributed by atoms with van der Waals surface area (Å²) in [6.07, 6.45) is -4.57. The highest BCUT2D eigenvalue weighted by Gasteiger charge is 2.36. The first-order chi connectivity index (χ1) is 11.3. The molecule has 3 aromatic rings. The van der Waals surface area contributed by atoms with Crippen molar-refractivity contribution in [2.45, 2.75) is 22.7 Å². The van der Waals surface area contributed by atoms with Gasteiger partial charge in [0, 0.05) is 0 Å². The lowest BCUT2D eigenvalue weighted by Gasteiger charge is -2.07. The number of carbonyl (C=O) groups is 1. The van der Waals surface area contributed by atoms with Gasteiger partial charge in [0.15, 0.2) is 4.34 Å². The Hall–Kier alpha value is -1.72. The van der Waals surface area contributed by atoms with Crippen molar-refractivity contribution in [2.75, 3.05) is 5.32 Å². The average molecular weight is 390 g/mol. The van der Waals surface area contributed by atoms with Crippen molar-refractivity contribution in [1.82, 2.24) is 15.2 Å². The Morgan fingerprint density at radius 2 is 2.00 bits per heavy atom. The van der Waals surface area contributed by atoms with E-state index in [1.807, 2.05) is 24.3 Å². The second-order valence-electron chi connectivity index (χ2n) is 4.61. The van der Waals surface area contributed by atoms with Crippen LogP contribution in [0.15, 0.2) is 28.6 Å². The molecule has 126 valence electrons. The van der Waals surface area contributed by atoms with E-state index in [0.717, 1.165) is 10.2 Å². The number of nitrogens with one attached hydrogen (secondary N) is 1. The molecule has 0 aliphatic carbocycles. The molecule has 1 N–H and O–H groups in total. The van der Waals surface area contributed by atoms with Crippen LogP contribution in [0.4, 0.5) is 18.3 Å². The van der Waals surface area contributed by atoms with Gasteiger partial charge in [-0.2, -0.15) is 13.2 Å². The fourth-order valence-electron chi connectivity index (χ4n) is 1.70. The standard InChI is InChI=1S/C13H9F3N4OS3/c1-6(22-12-17-7-4-2-3-5-8(7)23-12)9(21)18-11-20-19-10(24-11)13(14,15)16/h2-6H,1H3,(H,18,20,21). The van der Waals surface area contributed by atoms with Crippen LogP contribution in [0.1, 0.15) is 11.9 Å². The first-order valence-electron chi connectivity index (χ1n) is 6.57. The van der Waals surface area contributed by atoms with E-state index in [1.54, 1.807) is 6.92 Å². The summed E-state index contributed by atoms with van der Waals surface area (Å²) in [6.45, 7) is 1.65. The molecular formula is C13H9F3N4OS3. The summed E-state index contributed by atoms with van der Waals surface area (Å²) in [4.78, 5) is 16.5. The van der Waals surface area contributed by atoms with Gasteiger partial charge in [0.25, 0.3) is 0 Å². The number of rotatable bonds is 4. The number of anilines is 1. The first-order valence-corrected chi connectivity index (χ1v) is 9.08. The van der Waals surface area contributed by atoms with Crippen molar-refractivity contribution in [3.05, 3.63) is 29.3 Å². The van der Waals surface area contributed by atoms with Crippen molar-refractivity contribution in [2.24, 2.45) is 0 Å². The molecule has 0 spiro atoms. The highest BCUT2D eigenvalue weighted by molar-refractivity contribution is 8.02. The van der Waals surface area contributed by atoms with Crippen LogP contribution in [-0.4, -0.2) is 26.3 Å². The molecule has 5 nitrogen and oxygen atoms in total. The van der Waals surface area contributed by atoms with Crippen molar-refractivity contribution in [3.63, 3.8) is 0 Å². The summed E-state index contributed by atoms with van der Waals surface area (Å²) >= 11 is 2.99. The number of hydrogen-bond donors (Lipinski definition) is 1. The SMILES string of the molecule is CC(Sc1nc2ccccc2s1)C(=O)Nc1nnc(C(F)(F)F)s1. The summed E-state index contributed by atoms with van der Waals surface area (Å²) in [7, 11) is 0. The van der Waals surface area contributed by atoms with E-state index < -0.39 is 22.3 Å². The molecule has 2 aromatic heterocycles. The lowest BCUT2D eigenvalue weighted by Crippen LogP contribution is -2.22. The fourth-order valence-corrected chi connectivity index (χ4v) is 4.53. The number of hydrogen-bond acceptors (Lipinski definition) is 7. The molecule has 1 unspecified atom stereocenters. The normalized spacial score (nSPS) is 13.2. The molecule has 0 fully saturated rings. The largest absolute Gasteiger partial charge is 0.445 e. The number of halogens is 3. The van der Waals surface area contributed by atoms with E-state index in [4.69, 9.17) is 0 Å². The topological polar surface area (TPSA) is 67.8 Å². The lowest BCUT2D eigenvalue weighted by molar-refractivity contribution is -0.138. The third-order valence-electron chi connectivity index (χ3n) is 2.82. The molecule has 0 aliphatic heterocycles. The number of thioether (sulfide) groups is 1. The number of nitrogens with zero attached hydrogens (tertiary/aromatic N) is 3. The molecule has 11 heteroatoms. The number of para-hydroxylation sites is 1. The van der Waals surface area contributed by atoms with Crippen molar-refractivity contribution < 1.29 is 18.0 Å². The monoisotopic (exact) mass is 390 g/mol. The summed E-state index contributed by atoms with van der Waals surface area (Å²) in [5.41, 5.74) is 0.844. The zero-order valence-corrected chi connectivity index (χ0v) is 14.4. The minimum Gasteiger partial charge on any atom is -0.300 e. The van der Waals surface area contributed by atoms with Crippen molar-refractivity contribution >= 4 is 55.7 Å². The minimum absolute atomic E-state index is 0.177. The Balaban J connectivity index is 1.65. The maximum Gasteiger partial charge on any atom is 0.445 e. The van der Waals surface area contributed by atoms with E-state index in [9.17, 15) is 18.0 Å². The molecular weight excluding hydrogens is 381 g/mol. The molecule has 0 radical (unpaired) electrons. The van der Waals surface area contributed by atoms with Gasteiger partial charge in [0.1, 0.15) is 0 Å². The van der Waals surface area contributed by atoms with Crippen LogP contribution >= 0.6 is 34.4 Å². The van der Waals surface area contributed by atoms with Crippen molar-refractivity contribution in [3.8, 4) is 0 Å². The summed E-state index contributed by atoms with van der Waals surface area (Å²) in [5.74, 6) is -0.455. The molecule has 0 aliphatic rings. The highest BCUT2D eigenvalue weighted by atomic mass is 32.2. The Morgan fingerprint density at radius 3 is 2.67 bits per heavy atom. The van der Waals surface area contributed by atoms with E-state index in [2.05, 4.69) is 20.5 Å². The van der Waals surface area contributed by atoms with Gasteiger partial charge in [-0.25, -0.2) is 4.98 Å². The maximum absolute atomic E-state index is 12.5. The van der Waals surface area contributed by atoms with Crippen LogP contribution < -0.4 is 5.32 Å². The van der Waals surface area contributed by atoms with Crippen LogP contribution in [-0.2, 0) is 11.0 Å². The molecule has 1 atom stereocenters. The van der Waals surface area contributed by atoms with Crippen LogP contribution in [0.25, 0.3) is 10.2 Å². The average Bonchev–Trinajstić information content (AvgIpc) is 3.12. The Kier molecular flexibility index (Phi) is 4.74. The molecule has 2 heterocycles. The van der Waals surface area contributed by atoms with Gasteiger partial charge in [0.05, 0.1) is 15.5 Å². The molecule has 1 aromatic carbocycles. The van der Waals surface area contributed by atoms with Crippen LogP contribution in [0, 0.1) is 0 Å². The Bertz CT molecular complexity index is 844. The van der Waals surface area contributed by atoms with Gasteiger partial charge in [-0.15, -0.1) is 21.5 Å². The van der Waals surface area contributed by atoms with Gasteiger partial charge in [-0.1, -0.05) is 35.2 Å². The minimum atomic E-state index is -4.57. The number of thiazole rings is 1.